The summed E-state index contributed by atoms with van der Waals surface area (Å²) in [6, 6.07) is 12.1. The molecule has 2 aromatic rings. The maximum atomic E-state index is 13.8. The number of hydrogen-bond acceptors (Lipinski definition) is 2. The highest BCUT2D eigenvalue weighted by molar-refractivity contribution is 6.00. The second kappa shape index (κ2) is 7.38. The average Bonchev–Trinajstić information content (AvgIpc) is 3.32. The maximum absolute atomic E-state index is 13.8. The van der Waals surface area contributed by atoms with Gasteiger partial charge in [-0.05, 0) is 67.6 Å². The van der Waals surface area contributed by atoms with E-state index in [4.69, 9.17) is 0 Å². The molecule has 2 aromatic carbocycles. The van der Waals surface area contributed by atoms with Crippen LogP contribution in [0.4, 0.5) is 15.8 Å². The molecule has 1 aliphatic heterocycles. The maximum Gasteiger partial charge on any atom is 0.235 e. The van der Waals surface area contributed by atoms with Crippen molar-refractivity contribution >= 4 is 23.2 Å². The van der Waals surface area contributed by atoms with Crippen molar-refractivity contribution in [3.05, 3.63) is 59.4 Å². The molecule has 4 rings (SSSR count). The fourth-order valence-electron chi connectivity index (χ4n) is 4.60. The van der Waals surface area contributed by atoms with Crippen molar-refractivity contribution in [3.63, 3.8) is 0 Å². The average molecular weight is 380 g/mol. The Morgan fingerprint density at radius 3 is 2.54 bits per heavy atom. The van der Waals surface area contributed by atoms with E-state index >= 15 is 0 Å². The Balaban J connectivity index is 1.58. The molecule has 5 heteroatoms. The molecule has 4 nitrogen and oxygen atoms in total. The van der Waals surface area contributed by atoms with Crippen LogP contribution in [0, 0.1) is 12.7 Å². The third kappa shape index (κ3) is 3.30. The summed E-state index contributed by atoms with van der Waals surface area (Å²) in [5, 5.41) is 3.05. The zero-order chi connectivity index (χ0) is 19.7. The molecular weight excluding hydrogens is 355 g/mol. The van der Waals surface area contributed by atoms with E-state index in [9.17, 15) is 14.0 Å². The molecule has 2 aliphatic rings. The highest BCUT2D eigenvalue weighted by atomic mass is 19.1. The van der Waals surface area contributed by atoms with Gasteiger partial charge >= 0.3 is 0 Å². The van der Waals surface area contributed by atoms with Crippen molar-refractivity contribution in [2.45, 2.75) is 50.9 Å². The van der Waals surface area contributed by atoms with Gasteiger partial charge in [-0.1, -0.05) is 25.0 Å². The molecule has 0 spiro atoms. The van der Waals surface area contributed by atoms with Crippen LogP contribution in [-0.2, 0) is 15.0 Å². The third-order valence-corrected chi connectivity index (χ3v) is 6.09. The first-order valence-electron chi connectivity index (χ1n) is 9.98. The fraction of sp³-hybridized carbons (Fsp3) is 0.391. The number of aryl methyl sites for hydroxylation is 1. The Morgan fingerprint density at radius 1 is 1.11 bits per heavy atom. The van der Waals surface area contributed by atoms with Crippen LogP contribution in [0.2, 0.25) is 0 Å². The van der Waals surface area contributed by atoms with Crippen molar-refractivity contribution < 1.29 is 14.0 Å². The van der Waals surface area contributed by atoms with Gasteiger partial charge in [0.1, 0.15) is 5.82 Å². The second-order valence-electron chi connectivity index (χ2n) is 7.90. The first-order valence-corrected chi connectivity index (χ1v) is 9.98. The minimum atomic E-state index is -0.681. The summed E-state index contributed by atoms with van der Waals surface area (Å²) in [5.74, 6) is -0.247. The monoisotopic (exact) mass is 380 g/mol. The van der Waals surface area contributed by atoms with Crippen molar-refractivity contribution in [1.29, 1.82) is 0 Å². The summed E-state index contributed by atoms with van der Waals surface area (Å²) in [6.45, 7) is 2.70. The van der Waals surface area contributed by atoms with E-state index in [1.807, 2.05) is 36.1 Å². The lowest BCUT2D eigenvalue weighted by atomic mass is 9.78. The highest BCUT2D eigenvalue weighted by Gasteiger charge is 2.43. The van der Waals surface area contributed by atoms with E-state index in [0.717, 1.165) is 55.5 Å². The molecule has 1 saturated carbocycles. The Hall–Kier alpha value is -2.69. The van der Waals surface area contributed by atoms with Gasteiger partial charge in [0.15, 0.2) is 0 Å². The Bertz CT molecular complexity index is 919. The van der Waals surface area contributed by atoms with Gasteiger partial charge in [0.2, 0.25) is 11.8 Å². The van der Waals surface area contributed by atoms with Gasteiger partial charge in [0, 0.05) is 24.3 Å². The number of nitrogens with one attached hydrogen (secondary N) is 1. The standard InChI is InChI=1S/C23H25FN2O2/c1-16-14-19(9-10-20(16)26-13-5-8-21(26)27)25-22(28)23(11-2-3-12-23)17-6-4-7-18(24)15-17/h4,6-7,9-10,14-15H,2-3,5,8,11-13H2,1H3,(H,25,28). The lowest BCUT2D eigenvalue weighted by Crippen LogP contribution is -2.38. The van der Waals surface area contributed by atoms with E-state index in [1.165, 1.54) is 12.1 Å². The lowest BCUT2D eigenvalue weighted by Gasteiger charge is -2.28. The molecule has 1 aliphatic carbocycles. The van der Waals surface area contributed by atoms with E-state index < -0.39 is 5.41 Å². The van der Waals surface area contributed by atoms with Gasteiger partial charge in [-0.2, -0.15) is 0 Å². The van der Waals surface area contributed by atoms with E-state index in [2.05, 4.69) is 5.32 Å². The molecule has 28 heavy (non-hydrogen) atoms. The summed E-state index contributed by atoms with van der Waals surface area (Å²) < 4.78 is 13.8. The van der Waals surface area contributed by atoms with Gasteiger partial charge in [-0.15, -0.1) is 0 Å². The summed E-state index contributed by atoms with van der Waals surface area (Å²) >= 11 is 0. The fourth-order valence-corrected chi connectivity index (χ4v) is 4.60. The van der Waals surface area contributed by atoms with Crippen LogP contribution in [0.1, 0.15) is 49.7 Å². The first-order chi connectivity index (χ1) is 13.5. The number of anilines is 2. The molecule has 1 N–H and O–H groups in total. The lowest BCUT2D eigenvalue weighted by molar-refractivity contribution is -0.121. The first kappa shape index (κ1) is 18.7. The van der Waals surface area contributed by atoms with Gasteiger partial charge in [-0.25, -0.2) is 4.39 Å². The molecular formula is C23H25FN2O2. The molecule has 2 amide bonds. The Labute approximate surface area is 164 Å². The minimum Gasteiger partial charge on any atom is -0.325 e. The van der Waals surface area contributed by atoms with Crippen LogP contribution >= 0.6 is 0 Å². The Morgan fingerprint density at radius 2 is 1.89 bits per heavy atom. The molecule has 0 unspecified atom stereocenters. The topological polar surface area (TPSA) is 49.4 Å². The van der Waals surface area contributed by atoms with Crippen LogP contribution in [-0.4, -0.2) is 18.4 Å². The molecule has 0 radical (unpaired) electrons. The van der Waals surface area contributed by atoms with Crippen molar-refractivity contribution in [2.24, 2.45) is 0 Å². The van der Waals surface area contributed by atoms with Crippen LogP contribution in [0.25, 0.3) is 0 Å². The zero-order valence-electron chi connectivity index (χ0n) is 16.1. The molecule has 146 valence electrons. The van der Waals surface area contributed by atoms with E-state index in [1.54, 1.807) is 6.07 Å². The summed E-state index contributed by atoms with van der Waals surface area (Å²) in [6.07, 6.45) is 4.84. The van der Waals surface area contributed by atoms with Crippen LogP contribution in [0.5, 0.6) is 0 Å². The molecule has 1 saturated heterocycles. The molecule has 0 bridgehead atoms. The highest BCUT2D eigenvalue weighted by Crippen LogP contribution is 2.42. The van der Waals surface area contributed by atoms with Crippen molar-refractivity contribution in [2.75, 3.05) is 16.8 Å². The number of carbonyl (C=O) groups excluding carboxylic acids is 2. The van der Waals surface area contributed by atoms with E-state index in [-0.39, 0.29) is 17.6 Å². The summed E-state index contributed by atoms with van der Waals surface area (Å²) in [5.41, 5.74) is 2.64. The van der Waals surface area contributed by atoms with Crippen LogP contribution in [0.3, 0.4) is 0 Å². The van der Waals surface area contributed by atoms with Gasteiger partial charge in [0.05, 0.1) is 5.41 Å². The second-order valence-corrected chi connectivity index (χ2v) is 7.90. The predicted octanol–water partition coefficient (Wildman–Crippen LogP) is 4.71. The number of hydrogen-bond donors (Lipinski definition) is 1. The number of carbonyl (C=O) groups is 2. The Kier molecular flexibility index (Phi) is 4.92. The van der Waals surface area contributed by atoms with Crippen molar-refractivity contribution in [3.8, 4) is 0 Å². The van der Waals surface area contributed by atoms with Crippen LogP contribution < -0.4 is 10.2 Å². The smallest absolute Gasteiger partial charge is 0.235 e. The quantitative estimate of drug-likeness (QED) is 0.835. The third-order valence-electron chi connectivity index (χ3n) is 6.09. The van der Waals surface area contributed by atoms with Crippen LogP contribution in [0.15, 0.2) is 42.5 Å². The molecule has 0 aromatic heterocycles. The number of rotatable bonds is 4. The summed E-state index contributed by atoms with van der Waals surface area (Å²) in [4.78, 5) is 27.1. The van der Waals surface area contributed by atoms with Gasteiger partial charge in [0.25, 0.3) is 0 Å². The largest absolute Gasteiger partial charge is 0.325 e. The van der Waals surface area contributed by atoms with E-state index in [0.29, 0.717) is 12.1 Å². The molecule has 1 heterocycles. The normalized spacial score (nSPS) is 18.5. The minimum absolute atomic E-state index is 0.0833. The summed E-state index contributed by atoms with van der Waals surface area (Å²) in [7, 11) is 0. The van der Waals surface area contributed by atoms with Crippen molar-refractivity contribution in [1.82, 2.24) is 0 Å². The number of halogens is 1. The number of benzene rings is 2. The zero-order valence-corrected chi connectivity index (χ0v) is 16.1. The number of amides is 2. The molecule has 2 fully saturated rings. The predicted molar refractivity (Wildman–Crippen MR) is 108 cm³/mol. The number of nitrogens with zero attached hydrogens (tertiary/aromatic N) is 1. The van der Waals surface area contributed by atoms with Gasteiger partial charge < -0.3 is 10.2 Å². The molecule has 0 atom stereocenters. The van der Waals surface area contributed by atoms with Gasteiger partial charge in [-0.3, -0.25) is 9.59 Å². The SMILES string of the molecule is Cc1cc(NC(=O)C2(c3cccc(F)c3)CCCC2)ccc1N1CCCC1=O.